The maximum atomic E-state index is 11.3. The van der Waals surface area contributed by atoms with E-state index in [1.165, 1.54) is 32.1 Å². The second-order valence-electron chi connectivity index (χ2n) is 5.46. The molecule has 1 aliphatic heterocycles. The predicted octanol–water partition coefficient (Wildman–Crippen LogP) is 1.22. The van der Waals surface area contributed by atoms with Crippen molar-refractivity contribution >= 4 is 27.2 Å². The Kier molecular flexibility index (Phi) is 4.84. The van der Waals surface area contributed by atoms with Gasteiger partial charge in [-0.05, 0) is 37.4 Å². The molecule has 1 saturated carbocycles. The van der Waals surface area contributed by atoms with Gasteiger partial charge in [0.2, 0.25) is 0 Å². The van der Waals surface area contributed by atoms with Gasteiger partial charge in [-0.1, -0.05) is 19.3 Å². The van der Waals surface area contributed by atoms with Crippen molar-refractivity contribution in [3.05, 3.63) is 0 Å². The minimum Gasteiger partial charge on any atom is -0.362 e. The summed E-state index contributed by atoms with van der Waals surface area (Å²) in [7, 11) is -2.77. The molecule has 4 nitrogen and oxygen atoms in total. The van der Waals surface area contributed by atoms with E-state index in [2.05, 4.69) is 10.6 Å². The molecule has 0 spiro atoms. The zero-order valence-corrected chi connectivity index (χ0v) is 12.3. The first-order valence-electron chi connectivity index (χ1n) is 6.80. The molecule has 1 aliphatic carbocycles. The Hall–Kier alpha value is -0.360. The quantitative estimate of drug-likeness (QED) is 0.765. The van der Waals surface area contributed by atoms with Crippen LogP contribution in [0.5, 0.6) is 0 Å². The molecule has 1 saturated heterocycles. The summed E-state index contributed by atoms with van der Waals surface area (Å²) in [5, 5.41) is 7.19. The van der Waals surface area contributed by atoms with Crippen molar-refractivity contribution in [3.8, 4) is 0 Å². The Balaban J connectivity index is 1.65. The number of thiocarbonyl (C=S) groups is 1. The van der Waals surface area contributed by atoms with Gasteiger partial charge in [-0.15, -0.1) is 0 Å². The highest BCUT2D eigenvalue weighted by atomic mass is 32.2. The molecule has 1 atom stereocenters. The van der Waals surface area contributed by atoms with Crippen LogP contribution in [-0.4, -0.2) is 37.6 Å². The lowest BCUT2D eigenvalue weighted by Gasteiger charge is -2.24. The molecule has 0 radical (unpaired) electrons. The van der Waals surface area contributed by atoms with Crippen LogP contribution in [0.25, 0.3) is 0 Å². The Bertz CT molecular complexity index is 389. The first-order chi connectivity index (χ1) is 8.55. The van der Waals surface area contributed by atoms with E-state index in [9.17, 15) is 8.42 Å². The van der Waals surface area contributed by atoms with Crippen LogP contribution >= 0.6 is 12.2 Å². The molecular weight excluding hydrogens is 268 g/mol. The fraction of sp³-hybridized carbons (Fsp3) is 0.917. The summed E-state index contributed by atoms with van der Waals surface area (Å²) in [6, 6.07) is 0.506. The van der Waals surface area contributed by atoms with Crippen LogP contribution in [0.2, 0.25) is 0 Å². The first kappa shape index (κ1) is 14.1. The summed E-state index contributed by atoms with van der Waals surface area (Å²) in [6.07, 6.45) is 7.04. The van der Waals surface area contributed by atoms with Crippen molar-refractivity contribution in [3.63, 3.8) is 0 Å². The summed E-state index contributed by atoms with van der Waals surface area (Å²) in [4.78, 5) is 0. The van der Waals surface area contributed by atoms with Crippen LogP contribution in [0.3, 0.4) is 0 Å². The summed E-state index contributed by atoms with van der Waals surface area (Å²) in [6.45, 7) is 0.678. The molecule has 18 heavy (non-hydrogen) atoms. The molecule has 2 rings (SSSR count). The van der Waals surface area contributed by atoms with Gasteiger partial charge in [-0.25, -0.2) is 8.42 Å². The minimum atomic E-state index is -2.77. The summed E-state index contributed by atoms with van der Waals surface area (Å²) < 4.78 is 22.7. The first-order valence-corrected chi connectivity index (χ1v) is 9.03. The smallest absolute Gasteiger partial charge is 0.166 e. The molecule has 6 heteroatoms. The van der Waals surface area contributed by atoms with Crippen LogP contribution in [0.4, 0.5) is 0 Å². The van der Waals surface area contributed by atoms with Gasteiger partial charge in [0.1, 0.15) is 0 Å². The van der Waals surface area contributed by atoms with Gasteiger partial charge >= 0.3 is 0 Å². The van der Waals surface area contributed by atoms with Gasteiger partial charge in [-0.3, -0.25) is 0 Å². The van der Waals surface area contributed by atoms with Crippen LogP contribution in [0, 0.1) is 5.92 Å². The van der Waals surface area contributed by atoms with E-state index in [-0.39, 0.29) is 5.92 Å². The molecule has 2 fully saturated rings. The molecule has 0 aromatic heterocycles. The topological polar surface area (TPSA) is 58.2 Å². The highest BCUT2D eigenvalue weighted by Crippen LogP contribution is 2.18. The molecule has 2 N–H and O–H groups in total. The number of nitrogens with one attached hydrogen (secondary N) is 2. The van der Waals surface area contributed by atoms with Crippen molar-refractivity contribution in [1.29, 1.82) is 0 Å². The van der Waals surface area contributed by atoms with Crippen LogP contribution in [-0.2, 0) is 9.84 Å². The van der Waals surface area contributed by atoms with Gasteiger partial charge in [0, 0.05) is 12.6 Å². The molecule has 2 aliphatic rings. The summed E-state index contributed by atoms with van der Waals surface area (Å²) in [5.74, 6) is 0.870. The second kappa shape index (κ2) is 6.19. The van der Waals surface area contributed by atoms with Crippen LogP contribution < -0.4 is 10.6 Å². The highest BCUT2D eigenvalue weighted by Gasteiger charge is 2.27. The fourth-order valence-corrected chi connectivity index (χ4v) is 4.87. The summed E-state index contributed by atoms with van der Waals surface area (Å²) >= 11 is 5.25. The van der Waals surface area contributed by atoms with Crippen LogP contribution in [0.15, 0.2) is 0 Å². The molecule has 0 amide bonds. The molecule has 0 bridgehead atoms. The Morgan fingerprint density at radius 1 is 1.17 bits per heavy atom. The maximum absolute atomic E-state index is 11.3. The van der Waals surface area contributed by atoms with Crippen molar-refractivity contribution in [2.45, 2.75) is 44.6 Å². The van der Waals surface area contributed by atoms with E-state index < -0.39 is 9.84 Å². The molecule has 0 aromatic carbocycles. The third-order valence-corrected chi connectivity index (χ3v) is 5.92. The normalized spacial score (nSPS) is 27.9. The summed E-state index contributed by atoms with van der Waals surface area (Å²) in [5.41, 5.74) is 0. The molecular formula is C12H22N2O2S2. The zero-order chi connectivity index (χ0) is 13.0. The molecule has 1 heterocycles. The molecule has 1 unspecified atom stereocenters. The van der Waals surface area contributed by atoms with Gasteiger partial charge in [0.05, 0.1) is 11.5 Å². The van der Waals surface area contributed by atoms with Crippen molar-refractivity contribution in [2.75, 3.05) is 18.1 Å². The van der Waals surface area contributed by atoms with Gasteiger partial charge < -0.3 is 10.6 Å². The van der Waals surface area contributed by atoms with E-state index in [1.54, 1.807) is 0 Å². The average Bonchev–Trinajstić information content (AvgIpc) is 2.68. The fourth-order valence-electron chi connectivity index (χ4n) is 2.75. The Morgan fingerprint density at radius 2 is 1.89 bits per heavy atom. The van der Waals surface area contributed by atoms with E-state index in [1.807, 2.05) is 0 Å². The largest absolute Gasteiger partial charge is 0.362 e. The minimum absolute atomic E-state index is 0.223. The average molecular weight is 290 g/mol. The van der Waals surface area contributed by atoms with E-state index in [0.29, 0.717) is 29.2 Å². The zero-order valence-electron chi connectivity index (χ0n) is 10.7. The second-order valence-corrected chi connectivity index (χ2v) is 8.10. The van der Waals surface area contributed by atoms with Crippen molar-refractivity contribution in [1.82, 2.24) is 10.6 Å². The van der Waals surface area contributed by atoms with E-state index in [0.717, 1.165) is 6.42 Å². The van der Waals surface area contributed by atoms with Gasteiger partial charge in [-0.2, -0.15) is 0 Å². The number of sulfone groups is 1. The standard InChI is InChI=1S/C12H22N2O2S2/c15-18(16)7-6-10(9-18)8-13-12(17)14-11-4-2-1-3-5-11/h10-11H,1-9H2,(H2,13,14,17). The lowest BCUT2D eigenvalue weighted by atomic mass is 9.96. The third-order valence-electron chi connectivity index (χ3n) is 3.82. The Morgan fingerprint density at radius 3 is 2.50 bits per heavy atom. The monoisotopic (exact) mass is 290 g/mol. The SMILES string of the molecule is O=S1(=O)CCC(CNC(=S)NC2CCCCC2)C1. The predicted molar refractivity (Wildman–Crippen MR) is 77.4 cm³/mol. The lowest BCUT2D eigenvalue weighted by Crippen LogP contribution is -2.44. The third kappa shape index (κ3) is 4.39. The lowest BCUT2D eigenvalue weighted by molar-refractivity contribution is 0.411. The number of hydrogen-bond donors (Lipinski definition) is 2. The maximum Gasteiger partial charge on any atom is 0.166 e. The van der Waals surface area contributed by atoms with E-state index in [4.69, 9.17) is 12.2 Å². The molecule has 0 aromatic rings. The van der Waals surface area contributed by atoms with Crippen molar-refractivity contribution < 1.29 is 8.42 Å². The van der Waals surface area contributed by atoms with Crippen molar-refractivity contribution in [2.24, 2.45) is 5.92 Å². The van der Waals surface area contributed by atoms with Gasteiger partial charge in [0.25, 0.3) is 0 Å². The van der Waals surface area contributed by atoms with Crippen LogP contribution in [0.1, 0.15) is 38.5 Å². The Labute approximate surface area is 115 Å². The number of rotatable bonds is 3. The molecule has 104 valence electrons. The number of hydrogen-bond acceptors (Lipinski definition) is 3. The van der Waals surface area contributed by atoms with Gasteiger partial charge in [0.15, 0.2) is 14.9 Å². The van der Waals surface area contributed by atoms with E-state index >= 15 is 0 Å². The highest BCUT2D eigenvalue weighted by molar-refractivity contribution is 7.91.